The van der Waals surface area contributed by atoms with Crippen LogP contribution in [0.2, 0.25) is 0 Å². The molecule has 0 fully saturated rings. The summed E-state index contributed by atoms with van der Waals surface area (Å²) in [6.07, 6.45) is 4.37. The van der Waals surface area contributed by atoms with Crippen molar-refractivity contribution in [2.75, 3.05) is 23.3 Å². The standard InChI is InChI=1S/C16H23N5O/c1-3-20(4-2)15-9-7-14(8-10-15)19-16(22)6-5-11-21-13-17-12-18-21/h7-10,12-13H,3-6,11H2,1-2H3,(H,19,22). The minimum Gasteiger partial charge on any atom is -0.372 e. The van der Waals surface area contributed by atoms with Gasteiger partial charge >= 0.3 is 0 Å². The fourth-order valence-electron chi connectivity index (χ4n) is 2.32. The summed E-state index contributed by atoms with van der Waals surface area (Å²) in [4.78, 5) is 18.0. The van der Waals surface area contributed by atoms with Gasteiger partial charge in [0.05, 0.1) is 0 Å². The van der Waals surface area contributed by atoms with E-state index in [0.29, 0.717) is 13.0 Å². The molecule has 118 valence electrons. The van der Waals surface area contributed by atoms with Crippen molar-refractivity contribution in [3.05, 3.63) is 36.9 Å². The highest BCUT2D eigenvalue weighted by atomic mass is 16.1. The Hall–Kier alpha value is -2.37. The lowest BCUT2D eigenvalue weighted by Gasteiger charge is -2.21. The van der Waals surface area contributed by atoms with Crippen molar-refractivity contribution in [2.24, 2.45) is 0 Å². The van der Waals surface area contributed by atoms with Crippen molar-refractivity contribution >= 4 is 17.3 Å². The Labute approximate surface area is 131 Å². The van der Waals surface area contributed by atoms with Gasteiger partial charge < -0.3 is 10.2 Å². The second-order valence-corrected chi connectivity index (χ2v) is 5.03. The zero-order valence-electron chi connectivity index (χ0n) is 13.2. The van der Waals surface area contributed by atoms with E-state index in [-0.39, 0.29) is 5.91 Å². The molecule has 0 saturated heterocycles. The van der Waals surface area contributed by atoms with Crippen LogP contribution in [-0.2, 0) is 11.3 Å². The number of rotatable bonds is 8. The van der Waals surface area contributed by atoms with E-state index in [0.717, 1.165) is 25.2 Å². The Morgan fingerprint density at radius 2 is 1.95 bits per heavy atom. The van der Waals surface area contributed by atoms with Crippen LogP contribution in [0.5, 0.6) is 0 Å². The van der Waals surface area contributed by atoms with Gasteiger partial charge in [-0.1, -0.05) is 0 Å². The number of carbonyl (C=O) groups is 1. The number of carbonyl (C=O) groups excluding carboxylic acids is 1. The predicted molar refractivity (Wildman–Crippen MR) is 87.9 cm³/mol. The molecule has 1 amide bonds. The monoisotopic (exact) mass is 301 g/mol. The average molecular weight is 301 g/mol. The molecule has 0 spiro atoms. The summed E-state index contributed by atoms with van der Waals surface area (Å²) >= 11 is 0. The summed E-state index contributed by atoms with van der Waals surface area (Å²) < 4.78 is 1.73. The molecule has 1 N–H and O–H groups in total. The van der Waals surface area contributed by atoms with E-state index >= 15 is 0 Å². The molecule has 0 aliphatic rings. The third-order valence-corrected chi connectivity index (χ3v) is 3.54. The first-order valence-corrected chi connectivity index (χ1v) is 7.70. The van der Waals surface area contributed by atoms with Gasteiger partial charge in [-0.15, -0.1) is 0 Å². The maximum Gasteiger partial charge on any atom is 0.224 e. The molecule has 6 nitrogen and oxygen atoms in total. The van der Waals surface area contributed by atoms with Crippen molar-refractivity contribution in [1.82, 2.24) is 14.8 Å². The molecule has 0 bridgehead atoms. The fraction of sp³-hybridized carbons (Fsp3) is 0.438. The second kappa shape index (κ2) is 8.17. The van der Waals surface area contributed by atoms with Crippen LogP contribution in [0.3, 0.4) is 0 Å². The highest BCUT2D eigenvalue weighted by Crippen LogP contribution is 2.17. The third-order valence-electron chi connectivity index (χ3n) is 3.54. The van der Waals surface area contributed by atoms with Gasteiger partial charge in [0.1, 0.15) is 12.7 Å². The number of hydrogen-bond donors (Lipinski definition) is 1. The minimum absolute atomic E-state index is 0.0238. The van der Waals surface area contributed by atoms with Gasteiger partial charge in [0.25, 0.3) is 0 Å². The van der Waals surface area contributed by atoms with Crippen LogP contribution in [0.4, 0.5) is 11.4 Å². The van der Waals surface area contributed by atoms with Crippen LogP contribution in [0.25, 0.3) is 0 Å². The van der Waals surface area contributed by atoms with E-state index in [4.69, 9.17) is 0 Å². The molecule has 1 aromatic carbocycles. The number of aromatic nitrogens is 3. The second-order valence-electron chi connectivity index (χ2n) is 5.03. The predicted octanol–water partition coefficient (Wildman–Crippen LogP) is 2.54. The van der Waals surface area contributed by atoms with E-state index in [1.54, 1.807) is 11.0 Å². The van der Waals surface area contributed by atoms with Crippen LogP contribution in [-0.4, -0.2) is 33.8 Å². The summed E-state index contributed by atoms with van der Waals surface area (Å²) in [6, 6.07) is 7.97. The summed E-state index contributed by atoms with van der Waals surface area (Å²) in [5.74, 6) is 0.0238. The molecular weight excluding hydrogens is 278 g/mol. The first-order valence-electron chi connectivity index (χ1n) is 7.70. The van der Waals surface area contributed by atoms with Crippen LogP contribution >= 0.6 is 0 Å². The summed E-state index contributed by atoms with van der Waals surface area (Å²) in [5, 5.41) is 6.93. The van der Waals surface area contributed by atoms with Crippen LogP contribution in [0.1, 0.15) is 26.7 Å². The molecule has 0 unspecified atom stereocenters. The maximum atomic E-state index is 11.9. The van der Waals surface area contributed by atoms with E-state index in [9.17, 15) is 4.79 Å². The van der Waals surface area contributed by atoms with Crippen LogP contribution in [0.15, 0.2) is 36.9 Å². The van der Waals surface area contributed by atoms with Crippen LogP contribution < -0.4 is 10.2 Å². The first-order chi connectivity index (χ1) is 10.7. The minimum atomic E-state index is 0.0238. The number of hydrogen-bond acceptors (Lipinski definition) is 4. The number of nitrogens with one attached hydrogen (secondary N) is 1. The zero-order chi connectivity index (χ0) is 15.8. The number of nitrogens with zero attached hydrogens (tertiary/aromatic N) is 4. The molecule has 0 aliphatic carbocycles. The van der Waals surface area contributed by atoms with Gasteiger partial charge in [-0.3, -0.25) is 9.48 Å². The Bertz CT molecular complexity index is 561. The van der Waals surface area contributed by atoms with Gasteiger partial charge in [0.15, 0.2) is 0 Å². The molecule has 6 heteroatoms. The largest absolute Gasteiger partial charge is 0.372 e. The summed E-state index contributed by atoms with van der Waals surface area (Å²) in [5.41, 5.74) is 2.01. The van der Waals surface area contributed by atoms with Crippen LogP contribution in [0, 0.1) is 0 Å². The van der Waals surface area contributed by atoms with Crippen molar-refractivity contribution in [2.45, 2.75) is 33.2 Å². The van der Waals surface area contributed by atoms with Crippen molar-refractivity contribution in [3.8, 4) is 0 Å². The zero-order valence-corrected chi connectivity index (χ0v) is 13.2. The highest BCUT2D eigenvalue weighted by molar-refractivity contribution is 5.90. The molecule has 0 aliphatic heterocycles. The normalized spacial score (nSPS) is 10.5. The number of aryl methyl sites for hydroxylation is 1. The summed E-state index contributed by atoms with van der Waals surface area (Å²) in [6.45, 7) is 6.92. The lowest BCUT2D eigenvalue weighted by molar-refractivity contribution is -0.116. The molecule has 2 aromatic rings. The molecule has 22 heavy (non-hydrogen) atoms. The molecule has 0 saturated carbocycles. The molecule has 0 radical (unpaired) electrons. The topological polar surface area (TPSA) is 63.1 Å². The lowest BCUT2D eigenvalue weighted by Crippen LogP contribution is -2.21. The Balaban J connectivity index is 1.78. The van der Waals surface area contributed by atoms with E-state index in [1.165, 1.54) is 12.0 Å². The van der Waals surface area contributed by atoms with E-state index < -0.39 is 0 Å². The average Bonchev–Trinajstić information content (AvgIpc) is 3.03. The van der Waals surface area contributed by atoms with Gasteiger partial charge in [0, 0.05) is 37.4 Å². The van der Waals surface area contributed by atoms with Crippen molar-refractivity contribution < 1.29 is 4.79 Å². The Kier molecular flexibility index (Phi) is 5.94. The lowest BCUT2D eigenvalue weighted by atomic mass is 10.2. The van der Waals surface area contributed by atoms with Crippen molar-refractivity contribution in [3.63, 3.8) is 0 Å². The van der Waals surface area contributed by atoms with Gasteiger partial charge in [-0.05, 0) is 44.5 Å². The van der Waals surface area contributed by atoms with Gasteiger partial charge in [0.2, 0.25) is 5.91 Å². The number of anilines is 2. The highest BCUT2D eigenvalue weighted by Gasteiger charge is 2.05. The van der Waals surface area contributed by atoms with E-state index in [2.05, 4.69) is 34.1 Å². The molecule has 2 rings (SSSR count). The smallest absolute Gasteiger partial charge is 0.224 e. The maximum absolute atomic E-state index is 11.9. The molecule has 1 aromatic heterocycles. The number of amides is 1. The van der Waals surface area contributed by atoms with Gasteiger partial charge in [-0.25, -0.2) is 4.98 Å². The Morgan fingerprint density at radius 1 is 1.23 bits per heavy atom. The quantitative estimate of drug-likeness (QED) is 0.814. The SMILES string of the molecule is CCN(CC)c1ccc(NC(=O)CCCn2cncn2)cc1. The van der Waals surface area contributed by atoms with Gasteiger partial charge in [-0.2, -0.15) is 5.10 Å². The van der Waals surface area contributed by atoms with Crippen molar-refractivity contribution in [1.29, 1.82) is 0 Å². The third kappa shape index (κ3) is 4.58. The fourth-order valence-corrected chi connectivity index (χ4v) is 2.32. The molecular formula is C16H23N5O. The van der Waals surface area contributed by atoms with E-state index in [1.807, 2.05) is 24.3 Å². The number of benzene rings is 1. The molecule has 1 heterocycles. The Morgan fingerprint density at radius 3 is 2.55 bits per heavy atom. The first kappa shape index (κ1) is 16.0. The molecule has 0 atom stereocenters. The summed E-state index contributed by atoms with van der Waals surface area (Å²) in [7, 11) is 0.